The van der Waals surface area contributed by atoms with Gasteiger partial charge >= 0.3 is 190 Å². The van der Waals surface area contributed by atoms with Crippen LogP contribution in [0.1, 0.15) is 0 Å². The first kappa shape index (κ1) is 61.0. The number of hydrogen-bond donors (Lipinski definition) is 0. The minimum absolute atomic E-state index is 0. The van der Waals surface area contributed by atoms with E-state index in [-0.39, 0.29) is 138 Å². The average molecular weight is 968 g/mol. The molecular weight excluding hydrogens is 901 g/mol. The minimum Gasteiger partial charge on any atom is 0 e. The molecule has 0 rings (SSSR count). The summed E-state index contributed by atoms with van der Waals surface area (Å²) in [5.41, 5.74) is 0. The second-order valence-corrected chi connectivity index (χ2v) is 58.8. The Labute approximate surface area is 263 Å². The van der Waals surface area contributed by atoms with Crippen LogP contribution < -0.4 is 0 Å². The Morgan fingerprint density at radius 3 is 0.281 bits per heavy atom. The molecule has 0 unspecified atom stereocenters. The third-order valence-electron chi connectivity index (χ3n) is 1.00. The number of hydrogen-bond acceptors (Lipinski definition) is 0. The maximum Gasteiger partial charge on any atom is 0 e. The van der Waals surface area contributed by atoms with Crippen molar-refractivity contribution in [3.63, 3.8) is 0 Å². The Kier molecular flexibility index (Phi) is 99.6. The average Bonchev–Trinajstić information content (AvgIpc) is 2.33. The molecule has 0 aromatic carbocycles. The molecule has 32 heavy (non-hydrogen) atoms. The van der Waals surface area contributed by atoms with E-state index >= 15 is 0 Å². The van der Waals surface area contributed by atoms with Crippen LogP contribution in [-0.2, 0) is 0 Å². The molecule has 0 N–H and O–H groups in total. The van der Waals surface area contributed by atoms with E-state index < -0.39 is 0 Å². The van der Waals surface area contributed by atoms with E-state index in [0.717, 1.165) is 0 Å². The molecule has 0 fully saturated rings. The van der Waals surface area contributed by atoms with E-state index in [2.05, 4.69) is 130 Å². The topological polar surface area (TPSA) is 0 Å². The molecule has 0 atom stereocenters. The third kappa shape index (κ3) is 515. The molecule has 0 saturated heterocycles. The molecule has 0 amide bonds. The molecule has 0 aromatic heterocycles. The Morgan fingerprint density at radius 1 is 0.250 bits per heavy atom. The van der Waals surface area contributed by atoms with E-state index in [4.69, 9.17) is 0 Å². The normalized spacial score (nSPS) is 8.81. The van der Waals surface area contributed by atoms with E-state index in [1.54, 1.807) is 0 Å². The van der Waals surface area contributed by atoms with Gasteiger partial charge in [-0.25, -0.2) is 0 Å². The largest absolute Gasteiger partial charge is 0 e. The number of rotatable bonds is 1. The molecule has 0 aliphatic carbocycles. The standard InChI is InChI=1S/C4H12Si2.6C3H9Ge.2Ge/c1-5(2)6(3)4;6*1-4(2)3;;/h1-4H3;6*1-3H3;;. The van der Waals surface area contributed by atoms with Crippen LogP contribution in [0.4, 0.5) is 0 Å². The van der Waals surface area contributed by atoms with Crippen LogP contribution in [0.25, 0.3) is 0 Å². The van der Waals surface area contributed by atoms with Crippen LogP contribution in [0.5, 0.6) is 0 Å². The second kappa shape index (κ2) is 52.3. The van der Waals surface area contributed by atoms with Crippen molar-refractivity contribution < 1.29 is 0 Å². The van der Waals surface area contributed by atoms with Crippen molar-refractivity contribution in [3.05, 3.63) is 0 Å². The summed E-state index contributed by atoms with van der Waals surface area (Å²) >= 11 is -2.00. The van der Waals surface area contributed by atoms with Gasteiger partial charge in [-0.05, 0) is 0 Å². The fourth-order valence-corrected chi connectivity index (χ4v) is 0. The first-order valence-electron chi connectivity index (χ1n) is 11.2. The predicted molar refractivity (Wildman–Crippen MR) is 187 cm³/mol. The van der Waals surface area contributed by atoms with E-state index in [1.807, 2.05) is 0 Å². The maximum atomic E-state index is 2.39. The van der Waals surface area contributed by atoms with Crippen molar-refractivity contribution in [1.29, 1.82) is 0 Å². The Balaban J connectivity index is -0.0000000274. The van der Waals surface area contributed by atoms with Crippen LogP contribution in [0.2, 0.25) is 130 Å². The first-order chi connectivity index (χ1) is 13.0. The molecule has 0 nitrogen and oxygen atoms in total. The van der Waals surface area contributed by atoms with Gasteiger partial charge in [-0.2, -0.15) is 0 Å². The van der Waals surface area contributed by atoms with Crippen LogP contribution in [-0.4, -0.2) is 138 Å². The van der Waals surface area contributed by atoms with E-state index in [0.29, 0.717) is 0 Å². The summed E-state index contributed by atoms with van der Waals surface area (Å²) in [6.45, 7) is 9.55. The summed E-state index contributed by atoms with van der Waals surface area (Å²) < 4.78 is 0. The predicted octanol–water partition coefficient (Wildman–Crippen LogP) is 9.04. The van der Waals surface area contributed by atoms with Crippen molar-refractivity contribution in [1.82, 2.24) is 0 Å². The van der Waals surface area contributed by atoms with Gasteiger partial charge in [0, 0.05) is 51.8 Å². The molecule has 0 heterocycles. The van der Waals surface area contributed by atoms with E-state index in [1.165, 1.54) is 0 Å². The Morgan fingerprint density at radius 2 is 0.281 bits per heavy atom. The molecule has 10 heteroatoms. The molecular formula is C22H66Ge8Si2. The molecule has 0 aliphatic rings. The SMILES string of the molecule is C[Si](C)[Si](C)C.[CH3][Ge]([CH3])[CH3].[CH3][Ge]([CH3])[CH3].[CH3][Ge]([CH3])[CH3].[CH3][Ge]([CH3])[CH3].[CH3][Ge]([CH3])[CH3].[CH3][Ge]([CH3])[CH3].[Ge].[Ge]. The van der Waals surface area contributed by atoms with E-state index in [9.17, 15) is 0 Å². The monoisotopic (exact) mass is 978 g/mol. The van der Waals surface area contributed by atoms with Crippen LogP contribution in [0, 0.1) is 0 Å². The third-order valence-corrected chi connectivity index (χ3v) is 9.00. The fourth-order valence-electron chi connectivity index (χ4n) is 0. The van der Waals surface area contributed by atoms with Gasteiger partial charge in [0.2, 0.25) is 0 Å². The van der Waals surface area contributed by atoms with Gasteiger partial charge in [0.05, 0.1) is 0 Å². The van der Waals surface area contributed by atoms with Gasteiger partial charge in [0.1, 0.15) is 0 Å². The first-order valence-corrected chi connectivity index (χ1v) is 55.0. The Bertz CT molecular complexity index is 171. The van der Waals surface area contributed by atoms with Gasteiger partial charge < -0.3 is 0 Å². The molecule has 0 bridgehead atoms. The quantitative estimate of drug-likeness (QED) is 0.231. The maximum absolute atomic E-state index is 2.39. The second-order valence-electron chi connectivity index (χ2n) is 11.0. The minimum atomic E-state index is -0.333. The van der Waals surface area contributed by atoms with Crippen molar-refractivity contribution in [2.75, 3.05) is 0 Å². The summed E-state index contributed by atoms with van der Waals surface area (Å²) in [6, 6.07) is 0. The summed E-state index contributed by atoms with van der Waals surface area (Å²) in [5.74, 6) is 42.0. The van der Waals surface area contributed by atoms with Crippen molar-refractivity contribution in [2.45, 2.75) is 130 Å². The molecule has 194 valence electrons. The van der Waals surface area contributed by atoms with Crippen LogP contribution in [0.15, 0.2) is 0 Å². The molecule has 16 radical (unpaired) electrons. The molecule has 0 aromatic rings. The summed E-state index contributed by atoms with van der Waals surface area (Å²) in [5, 5.41) is 0. The smallest absolute Gasteiger partial charge is 0 e. The molecule has 0 aliphatic heterocycles. The fraction of sp³-hybridized carbons (Fsp3) is 1.00. The zero-order valence-corrected chi connectivity index (χ0v) is 45.8. The van der Waals surface area contributed by atoms with Crippen LogP contribution in [0.3, 0.4) is 0 Å². The van der Waals surface area contributed by atoms with Gasteiger partial charge in [0.15, 0.2) is 0 Å². The van der Waals surface area contributed by atoms with Crippen molar-refractivity contribution in [2.24, 2.45) is 0 Å². The van der Waals surface area contributed by atoms with Gasteiger partial charge in [-0.3, -0.25) is 0 Å². The van der Waals surface area contributed by atoms with Gasteiger partial charge in [0.25, 0.3) is 0 Å². The van der Waals surface area contributed by atoms with Gasteiger partial charge in [-0.1, -0.05) is 26.2 Å². The molecule has 0 saturated carbocycles. The summed E-state index contributed by atoms with van der Waals surface area (Å²) in [7, 11) is 0.300. The zero-order valence-electron chi connectivity index (χ0n) is 27.0. The van der Waals surface area contributed by atoms with Gasteiger partial charge in [-0.15, -0.1) is 0 Å². The summed E-state index contributed by atoms with van der Waals surface area (Å²) in [6.07, 6.45) is 0. The zero-order chi connectivity index (χ0) is 26.6. The molecule has 0 spiro atoms. The Hall–Kier alpha value is 4.78. The van der Waals surface area contributed by atoms with Crippen molar-refractivity contribution >= 4 is 138 Å². The van der Waals surface area contributed by atoms with Crippen LogP contribution >= 0.6 is 0 Å². The summed E-state index contributed by atoms with van der Waals surface area (Å²) in [4.78, 5) is 0. The van der Waals surface area contributed by atoms with Crippen molar-refractivity contribution in [3.8, 4) is 0 Å².